The smallest absolute Gasteiger partial charge is 0.276 e. The average molecular weight is 185 g/mol. The summed E-state index contributed by atoms with van der Waals surface area (Å²) < 4.78 is 26.9. The Morgan fingerprint density at radius 3 is 2.31 bits per heavy atom. The number of rotatable bonds is 3. The van der Waals surface area contributed by atoms with Crippen molar-refractivity contribution in [3.05, 3.63) is 35.9 Å². The minimum atomic E-state index is -2.82. The van der Waals surface area contributed by atoms with Crippen molar-refractivity contribution >= 4 is 0 Å². The summed E-state index contributed by atoms with van der Waals surface area (Å²) in [5.74, 6) is -3.65. The summed E-state index contributed by atoms with van der Waals surface area (Å²) in [7, 11) is 0. The van der Waals surface area contributed by atoms with Crippen LogP contribution in [0.5, 0.6) is 0 Å². The second kappa shape index (κ2) is 3.83. The number of hydrogen-bond donors (Lipinski definition) is 1. The minimum Gasteiger partial charge on any atom is -0.330 e. The maximum absolute atomic E-state index is 13.5. The van der Waals surface area contributed by atoms with Gasteiger partial charge in [0.25, 0.3) is 5.92 Å². The van der Waals surface area contributed by atoms with Gasteiger partial charge in [-0.25, -0.2) is 8.78 Å². The molecule has 1 aromatic carbocycles. The van der Waals surface area contributed by atoms with Crippen molar-refractivity contribution in [2.75, 3.05) is 6.54 Å². The van der Waals surface area contributed by atoms with Crippen LogP contribution in [0.2, 0.25) is 0 Å². The number of hydrogen-bond acceptors (Lipinski definition) is 1. The first kappa shape index (κ1) is 10.1. The topological polar surface area (TPSA) is 26.0 Å². The quantitative estimate of drug-likeness (QED) is 0.768. The van der Waals surface area contributed by atoms with Crippen molar-refractivity contribution in [1.29, 1.82) is 0 Å². The Morgan fingerprint density at radius 1 is 1.31 bits per heavy atom. The Labute approximate surface area is 76.6 Å². The van der Waals surface area contributed by atoms with E-state index in [1.165, 1.54) is 19.1 Å². The Kier molecular flexibility index (Phi) is 2.98. The van der Waals surface area contributed by atoms with Gasteiger partial charge in [-0.1, -0.05) is 37.3 Å². The summed E-state index contributed by atoms with van der Waals surface area (Å²) in [5.41, 5.74) is 5.25. The Morgan fingerprint density at radius 2 is 1.85 bits per heavy atom. The highest BCUT2D eigenvalue weighted by Crippen LogP contribution is 2.34. The van der Waals surface area contributed by atoms with E-state index in [1.54, 1.807) is 18.2 Å². The van der Waals surface area contributed by atoms with Gasteiger partial charge in [-0.2, -0.15) is 0 Å². The second-order valence-corrected chi connectivity index (χ2v) is 3.13. The van der Waals surface area contributed by atoms with E-state index < -0.39 is 11.8 Å². The van der Waals surface area contributed by atoms with Gasteiger partial charge in [-0.3, -0.25) is 0 Å². The van der Waals surface area contributed by atoms with E-state index in [4.69, 9.17) is 5.73 Å². The highest BCUT2D eigenvalue weighted by atomic mass is 19.3. The zero-order chi connectivity index (χ0) is 9.90. The van der Waals surface area contributed by atoms with Crippen LogP contribution in [-0.2, 0) is 5.92 Å². The standard InChI is InChI=1S/C10H13F2N/c1-8(7-13)10(11,12)9-5-3-2-4-6-9/h2-6,8H,7,13H2,1H3/t8-/m1/s1. The van der Waals surface area contributed by atoms with Gasteiger partial charge in [0, 0.05) is 18.0 Å². The normalized spacial score (nSPS) is 14.2. The zero-order valence-electron chi connectivity index (χ0n) is 7.50. The summed E-state index contributed by atoms with van der Waals surface area (Å²) >= 11 is 0. The summed E-state index contributed by atoms with van der Waals surface area (Å²) in [6, 6.07) is 7.77. The number of alkyl halides is 2. The molecule has 0 bridgehead atoms. The monoisotopic (exact) mass is 185 g/mol. The highest BCUT2D eigenvalue weighted by molar-refractivity contribution is 5.20. The molecular weight excluding hydrogens is 172 g/mol. The molecule has 0 aliphatic rings. The van der Waals surface area contributed by atoms with Crippen LogP contribution in [0.4, 0.5) is 8.78 Å². The molecule has 72 valence electrons. The SMILES string of the molecule is C[C@H](CN)C(F)(F)c1ccccc1. The fraction of sp³-hybridized carbons (Fsp3) is 0.400. The van der Waals surface area contributed by atoms with E-state index in [9.17, 15) is 8.78 Å². The van der Waals surface area contributed by atoms with Crippen LogP contribution in [0.25, 0.3) is 0 Å². The van der Waals surface area contributed by atoms with Gasteiger partial charge in [0.15, 0.2) is 0 Å². The summed E-state index contributed by atoms with van der Waals surface area (Å²) in [6.45, 7) is 1.44. The van der Waals surface area contributed by atoms with Crippen LogP contribution in [0.3, 0.4) is 0 Å². The Bertz CT molecular complexity index is 259. The molecule has 0 aliphatic carbocycles. The molecule has 1 aromatic rings. The zero-order valence-corrected chi connectivity index (χ0v) is 7.50. The molecule has 2 N–H and O–H groups in total. The lowest BCUT2D eigenvalue weighted by atomic mass is 9.96. The first-order valence-corrected chi connectivity index (χ1v) is 4.22. The third-order valence-electron chi connectivity index (χ3n) is 2.13. The van der Waals surface area contributed by atoms with Gasteiger partial charge in [-0.05, 0) is 0 Å². The van der Waals surface area contributed by atoms with Crippen LogP contribution >= 0.6 is 0 Å². The van der Waals surface area contributed by atoms with Crippen LogP contribution in [0.1, 0.15) is 12.5 Å². The van der Waals surface area contributed by atoms with Gasteiger partial charge in [0.1, 0.15) is 0 Å². The van der Waals surface area contributed by atoms with E-state index in [0.717, 1.165) is 0 Å². The van der Waals surface area contributed by atoms with Crippen molar-refractivity contribution in [2.45, 2.75) is 12.8 Å². The summed E-state index contributed by atoms with van der Waals surface area (Å²) in [6.07, 6.45) is 0. The van der Waals surface area contributed by atoms with Crippen molar-refractivity contribution in [3.63, 3.8) is 0 Å². The maximum atomic E-state index is 13.5. The predicted octanol–water partition coefficient (Wildman–Crippen LogP) is 2.37. The molecule has 1 atom stereocenters. The molecule has 0 radical (unpaired) electrons. The van der Waals surface area contributed by atoms with Gasteiger partial charge in [0.2, 0.25) is 0 Å². The molecule has 0 aliphatic heterocycles. The van der Waals surface area contributed by atoms with Gasteiger partial charge >= 0.3 is 0 Å². The predicted molar refractivity (Wildman–Crippen MR) is 48.6 cm³/mol. The first-order chi connectivity index (χ1) is 6.09. The summed E-state index contributed by atoms with van der Waals surface area (Å²) in [4.78, 5) is 0. The number of nitrogens with two attached hydrogens (primary N) is 1. The van der Waals surface area contributed by atoms with E-state index in [0.29, 0.717) is 0 Å². The molecule has 1 nitrogen and oxygen atoms in total. The Balaban J connectivity index is 2.93. The lowest BCUT2D eigenvalue weighted by Crippen LogP contribution is -2.29. The van der Waals surface area contributed by atoms with Crippen molar-refractivity contribution < 1.29 is 8.78 Å². The van der Waals surface area contributed by atoms with Crippen LogP contribution in [0.15, 0.2) is 30.3 Å². The molecule has 0 spiro atoms. The first-order valence-electron chi connectivity index (χ1n) is 4.22. The van der Waals surface area contributed by atoms with Gasteiger partial charge < -0.3 is 5.73 Å². The van der Waals surface area contributed by atoms with E-state index >= 15 is 0 Å². The number of halogens is 2. The molecule has 0 fully saturated rings. The molecule has 1 rings (SSSR count). The Hall–Kier alpha value is -0.960. The molecule has 0 saturated carbocycles. The van der Waals surface area contributed by atoms with Crippen LogP contribution < -0.4 is 5.73 Å². The van der Waals surface area contributed by atoms with Crippen molar-refractivity contribution in [1.82, 2.24) is 0 Å². The van der Waals surface area contributed by atoms with Crippen molar-refractivity contribution in [2.24, 2.45) is 11.7 Å². The van der Waals surface area contributed by atoms with Crippen molar-refractivity contribution in [3.8, 4) is 0 Å². The third kappa shape index (κ3) is 2.04. The molecule has 0 amide bonds. The lowest BCUT2D eigenvalue weighted by molar-refractivity contribution is -0.0547. The summed E-state index contributed by atoms with van der Waals surface area (Å²) in [5, 5.41) is 0. The van der Waals surface area contributed by atoms with Gasteiger partial charge in [-0.15, -0.1) is 0 Å². The fourth-order valence-corrected chi connectivity index (χ4v) is 1.09. The molecule has 0 unspecified atom stereocenters. The number of benzene rings is 1. The van der Waals surface area contributed by atoms with Crippen LogP contribution in [0, 0.1) is 5.92 Å². The van der Waals surface area contributed by atoms with E-state index in [1.807, 2.05) is 0 Å². The van der Waals surface area contributed by atoms with E-state index in [2.05, 4.69) is 0 Å². The minimum absolute atomic E-state index is 0.0120. The molecule has 0 heterocycles. The third-order valence-corrected chi connectivity index (χ3v) is 2.13. The lowest BCUT2D eigenvalue weighted by Gasteiger charge is -2.22. The van der Waals surface area contributed by atoms with E-state index in [-0.39, 0.29) is 12.1 Å². The maximum Gasteiger partial charge on any atom is 0.276 e. The fourth-order valence-electron chi connectivity index (χ4n) is 1.09. The highest BCUT2D eigenvalue weighted by Gasteiger charge is 2.37. The molecular formula is C10H13F2N. The molecule has 0 saturated heterocycles. The van der Waals surface area contributed by atoms with Crippen LogP contribution in [-0.4, -0.2) is 6.54 Å². The molecule has 0 aromatic heterocycles. The van der Waals surface area contributed by atoms with Gasteiger partial charge in [0.05, 0.1) is 0 Å². The molecule has 13 heavy (non-hydrogen) atoms. The average Bonchev–Trinajstić information content (AvgIpc) is 2.18. The molecule has 3 heteroatoms. The largest absolute Gasteiger partial charge is 0.330 e. The second-order valence-electron chi connectivity index (χ2n) is 3.13.